The van der Waals surface area contributed by atoms with Gasteiger partial charge in [0, 0.05) is 40.4 Å². The van der Waals surface area contributed by atoms with E-state index in [2.05, 4.69) is 24.8 Å². The first-order valence-electron chi connectivity index (χ1n) is 16.1. The van der Waals surface area contributed by atoms with Crippen LogP contribution in [0.3, 0.4) is 0 Å². The summed E-state index contributed by atoms with van der Waals surface area (Å²) >= 11 is 6.33. The van der Waals surface area contributed by atoms with Crippen LogP contribution in [-0.2, 0) is 17.6 Å². The standard InChI is InChI=1S/C36H46ClFN2O4/c1-23-5-4-15-35(2)30(12-16-36(35,44)22-40-17-13-25(14-18-40)34(39)43)27-11-9-24(19-26(41)10-8-23)20-28(27)33(42)21-29-31(37)6-3-7-32(29)38/h3,5-7,9,11,20,25-26,30,41,44H,4,8,10,12-19,21-22H2,1-2H3,(H2,39,43)/t26-,30-,35-,36+/m0/s1. The number of Topliss-reactive ketones (excluding diaryl/α,β-unsaturated/α-hetero) is 1. The Bertz CT molecular complexity index is 1400. The first kappa shape index (κ1) is 32.8. The normalized spacial score (nSPS) is 28.7. The highest BCUT2D eigenvalue weighted by Crippen LogP contribution is 2.59. The van der Waals surface area contributed by atoms with Crippen molar-refractivity contribution >= 4 is 23.3 Å². The topological polar surface area (TPSA) is 104 Å². The SMILES string of the molecule is CC1=CCC[C@@]2(C)[C@@H](CC[C@@]2(O)CN2CCC(C(N)=O)CC2)c2ccc(cc2C(=O)Cc2c(F)cccc2Cl)C[C@@H](O)CC1. The van der Waals surface area contributed by atoms with Gasteiger partial charge in [0.15, 0.2) is 5.78 Å². The zero-order valence-corrected chi connectivity index (χ0v) is 26.7. The number of likely N-dealkylation sites (tertiary alicyclic amines) is 1. The molecule has 1 aliphatic heterocycles. The minimum absolute atomic E-state index is 0.110. The van der Waals surface area contributed by atoms with Crippen LogP contribution in [0.2, 0.25) is 5.02 Å². The summed E-state index contributed by atoms with van der Waals surface area (Å²) in [4.78, 5) is 28.1. The molecular weight excluding hydrogens is 579 g/mol. The lowest BCUT2D eigenvalue weighted by Gasteiger charge is -2.47. The highest BCUT2D eigenvalue weighted by molar-refractivity contribution is 6.31. The Morgan fingerprint density at radius 3 is 2.57 bits per heavy atom. The van der Waals surface area contributed by atoms with Gasteiger partial charge < -0.3 is 20.8 Å². The molecule has 2 fully saturated rings. The van der Waals surface area contributed by atoms with Crippen LogP contribution in [-0.4, -0.2) is 58.1 Å². The number of hydrogen-bond donors (Lipinski definition) is 3. The number of benzene rings is 2. The van der Waals surface area contributed by atoms with Crippen molar-refractivity contribution in [2.24, 2.45) is 17.1 Å². The number of ketones is 1. The molecule has 2 bridgehead atoms. The first-order valence-corrected chi connectivity index (χ1v) is 16.4. The van der Waals surface area contributed by atoms with Crippen LogP contribution in [0.4, 0.5) is 4.39 Å². The minimum atomic E-state index is -1.01. The molecule has 6 nitrogen and oxygen atoms in total. The van der Waals surface area contributed by atoms with Gasteiger partial charge in [-0.25, -0.2) is 4.39 Å². The van der Waals surface area contributed by atoms with Gasteiger partial charge in [0.1, 0.15) is 5.82 Å². The Balaban J connectivity index is 1.53. The van der Waals surface area contributed by atoms with Crippen molar-refractivity contribution in [1.82, 2.24) is 4.90 Å². The number of fused-ring (bicyclic) bond motifs is 8. The Morgan fingerprint density at radius 2 is 1.86 bits per heavy atom. The van der Waals surface area contributed by atoms with E-state index in [0.717, 1.165) is 30.4 Å². The quantitative estimate of drug-likeness (QED) is 0.265. The number of rotatable bonds is 6. The van der Waals surface area contributed by atoms with Crippen molar-refractivity contribution in [3.63, 3.8) is 0 Å². The molecule has 1 saturated carbocycles. The zero-order chi connectivity index (χ0) is 31.6. The van der Waals surface area contributed by atoms with E-state index in [9.17, 15) is 24.2 Å². The second-order valence-electron chi connectivity index (χ2n) is 13.7. The summed E-state index contributed by atoms with van der Waals surface area (Å²) in [5, 5.41) is 23.6. The molecule has 2 aromatic rings. The monoisotopic (exact) mass is 624 g/mol. The molecule has 0 radical (unpaired) electrons. The average molecular weight is 625 g/mol. The van der Waals surface area contributed by atoms with E-state index in [1.54, 1.807) is 6.07 Å². The number of nitrogens with zero attached hydrogens (tertiary/aromatic N) is 1. The molecule has 4 atom stereocenters. The third kappa shape index (κ3) is 6.81. The van der Waals surface area contributed by atoms with Crippen LogP contribution in [0.15, 0.2) is 48.0 Å². The van der Waals surface area contributed by atoms with Crippen LogP contribution in [0, 0.1) is 17.2 Å². The lowest BCUT2D eigenvalue weighted by Crippen LogP contribution is -2.54. The molecule has 0 aromatic heterocycles. The molecule has 0 spiro atoms. The highest BCUT2D eigenvalue weighted by Gasteiger charge is 2.57. The molecule has 1 saturated heterocycles. The maximum absolute atomic E-state index is 14.8. The van der Waals surface area contributed by atoms with E-state index >= 15 is 0 Å². The van der Waals surface area contributed by atoms with Gasteiger partial charge in [0.2, 0.25) is 5.91 Å². The number of carbonyl (C=O) groups excluding carboxylic acids is 2. The minimum Gasteiger partial charge on any atom is -0.393 e. The largest absolute Gasteiger partial charge is 0.393 e. The molecule has 8 heteroatoms. The fourth-order valence-corrected chi connectivity index (χ4v) is 8.17. The van der Waals surface area contributed by atoms with Crippen LogP contribution in [0.25, 0.3) is 0 Å². The summed E-state index contributed by atoms with van der Waals surface area (Å²) in [6.07, 6.45) is 7.48. The van der Waals surface area contributed by atoms with Gasteiger partial charge in [0.05, 0.1) is 11.7 Å². The van der Waals surface area contributed by atoms with Gasteiger partial charge in [0.25, 0.3) is 0 Å². The van der Waals surface area contributed by atoms with Crippen LogP contribution in [0.1, 0.15) is 98.2 Å². The van der Waals surface area contributed by atoms with E-state index in [-0.39, 0.29) is 40.5 Å². The zero-order valence-electron chi connectivity index (χ0n) is 26.0. The Morgan fingerprint density at radius 1 is 1.11 bits per heavy atom. The van der Waals surface area contributed by atoms with Crippen LogP contribution < -0.4 is 5.73 Å². The molecule has 4 N–H and O–H groups in total. The second-order valence-corrected chi connectivity index (χ2v) is 14.1. The fraction of sp³-hybridized carbons (Fsp3) is 0.556. The molecule has 1 heterocycles. The van der Waals surface area contributed by atoms with Crippen LogP contribution >= 0.6 is 11.6 Å². The molecular formula is C36H46ClFN2O4. The van der Waals surface area contributed by atoms with Gasteiger partial charge in [-0.05, 0) is 113 Å². The molecule has 44 heavy (non-hydrogen) atoms. The lowest BCUT2D eigenvalue weighted by atomic mass is 9.64. The Kier molecular flexibility index (Phi) is 10.0. The third-order valence-corrected chi connectivity index (χ3v) is 11.2. The number of allylic oxidation sites excluding steroid dienone is 2. The van der Waals surface area contributed by atoms with Gasteiger partial charge >= 0.3 is 0 Å². The second kappa shape index (κ2) is 13.4. The summed E-state index contributed by atoms with van der Waals surface area (Å²) < 4.78 is 14.8. The Hall–Kier alpha value is -2.58. The number of primary amides is 1. The van der Waals surface area contributed by atoms with Crippen molar-refractivity contribution in [1.29, 1.82) is 0 Å². The predicted octanol–water partition coefficient (Wildman–Crippen LogP) is 6.14. The number of aliphatic hydroxyl groups is 2. The van der Waals surface area contributed by atoms with Crippen molar-refractivity contribution in [3.05, 3.63) is 81.1 Å². The number of hydrogen-bond acceptors (Lipinski definition) is 5. The third-order valence-electron chi connectivity index (χ3n) is 10.8. The molecule has 0 unspecified atom stereocenters. The number of nitrogens with two attached hydrogens (primary N) is 1. The maximum Gasteiger partial charge on any atom is 0.220 e. The van der Waals surface area contributed by atoms with Gasteiger partial charge in [-0.15, -0.1) is 0 Å². The Labute approximate surface area is 265 Å². The summed E-state index contributed by atoms with van der Waals surface area (Å²) in [5.74, 6) is -1.22. The number of β-amino-alcohol motifs (C(OH)–C–C–N with tert-alkyl or cyclic N) is 1. The number of amides is 1. The van der Waals surface area contributed by atoms with Crippen molar-refractivity contribution in [2.75, 3.05) is 19.6 Å². The molecule has 2 aromatic carbocycles. The summed E-state index contributed by atoms with van der Waals surface area (Å²) in [7, 11) is 0. The first-order chi connectivity index (χ1) is 20.9. The number of halogens is 2. The fourth-order valence-electron chi connectivity index (χ4n) is 7.94. The lowest BCUT2D eigenvalue weighted by molar-refractivity contribution is -0.124. The molecule has 3 aliphatic carbocycles. The van der Waals surface area contributed by atoms with E-state index in [4.69, 9.17) is 17.3 Å². The van der Waals surface area contributed by atoms with Gasteiger partial charge in [-0.3, -0.25) is 9.59 Å². The van der Waals surface area contributed by atoms with Crippen molar-refractivity contribution < 1.29 is 24.2 Å². The molecule has 4 aliphatic rings. The summed E-state index contributed by atoms with van der Waals surface area (Å²) in [6, 6.07) is 10.3. The maximum atomic E-state index is 14.8. The van der Waals surface area contributed by atoms with E-state index in [0.29, 0.717) is 63.7 Å². The molecule has 238 valence electrons. The van der Waals surface area contributed by atoms with Gasteiger partial charge in [-0.2, -0.15) is 0 Å². The average Bonchev–Trinajstić information content (AvgIpc) is 3.23. The number of carbonyl (C=O) groups is 2. The van der Waals surface area contributed by atoms with Crippen LogP contribution in [0.5, 0.6) is 0 Å². The highest BCUT2D eigenvalue weighted by atomic mass is 35.5. The van der Waals surface area contributed by atoms with E-state index < -0.39 is 22.9 Å². The molecule has 6 rings (SSSR count). The molecule has 1 amide bonds. The number of aliphatic hydroxyl groups excluding tert-OH is 1. The smallest absolute Gasteiger partial charge is 0.220 e. The van der Waals surface area contributed by atoms with Gasteiger partial charge in [-0.1, -0.05) is 48.4 Å². The van der Waals surface area contributed by atoms with Crippen molar-refractivity contribution in [3.8, 4) is 0 Å². The van der Waals surface area contributed by atoms with E-state index in [1.165, 1.54) is 17.7 Å². The van der Waals surface area contributed by atoms with E-state index in [1.807, 2.05) is 18.2 Å². The summed E-state index contributed by atoms with van der Waals surface area (Å²) in [5.41, 5.74) is 7.64. The van der Waals surface area contributed by atoms with Crippen molar-refractivity contribution in [2.45, 2.75) is 95.7 Å². The predicted molar refractivity (Wildman–Crippen MR) is 171 cm³/mol. The number of piperidine rings is 1. The summed E-state index contributed by atoms with van der Waals surface area (Å²) in [6.45, 7) is 6.17.